The van der Waals surface area contributed by atoms with E-state index in [1.165, 1.54) is 0 Å². The van der Waals surface area contributed by atoms with E-state index >= 15 is 0 Å². The van der Waals surface area contributed by atoms with Gasteiger partial charge in [0.2, 0.25) is 5.95 Å². The van der Waals surface area contributed by atoms with Gasteiger partial charge in [-0.15, -0.1) is 5.10 Å². The number of aromatic nitrogens is 4. The highest BCUT2D eigenvalue weighted by Crippen LogP contribution is 2.07. The van der Waals surface area contributed by atoms with Crippen molar-refractivity contribution >= 4 is 17.7 Å². The Hall–Kier alpha value is -2.57. The minimum Gasteiger partial charge on any atom is -0.373 e. The van der Waals surface area contributed by atoms with Crippen LogP contribution in [0.5, 0.6) is 0 Å². The second kappa shape index (κ2) is 5.38. The van der Waals surface area contributed by atoms with Crippen LogP contribution in [0.1, 0.15) is 21.9 Å². The van der Waals surface area contributed by atoms with Crippen molar-refractivity contribution in [2.45, 2.75) is 13.8 Å². The number of rotatable bonds is 3. The number of nitrogens with one attached hydrogen (secondary N) is 2. The first-order valence-electron chi connectivity index (χ1n) is 5.74. The third-order valence-corrected chi connectivity index (χ3v) is 2.56. The fraction of sp³-hybridized carbons (Fsp3) is 0.250. The zero-order valence-corrected chi connectivity index (χ0v) is 10.9. The molecule has 1 amide bonds. The predicted molar refractivity (Wildman–Crippen MR) is 71.0 cm³/mol. The van der Waals surface area contributed by atoms with Crippen molar-refractivity contribution in [3.8, 4) is 0 Å². The molecule has 0 atom stereocenters. The fourth-order valence-corrected chi connectivity index (χ4v) is 1.38. The van der Waals surface area contributed by atoms with Crippen LogP contribution in [0, 0.1) is 13.8 Å². The summed E-state index contributed by atoms with van der Waals surface area (Å²) >= 11 is 0. The summed E-state index contributed by atoms with van der Waals surface area (Å²) in [5.74, 6) is 0.415. The zero-order chi connectivity index (χ0) is 13.8. The van der Waals surface area contributed by atoms with E-state index in [4.69, 9.17) is 0 Å². The normalized spacial score (nSPS) is 10.1. The number of aryl methyl sites for hydroxylation is 2. The van der Waals surface area contributed by atoms with Gasteiger partial charge in [-0.05, 0) is 26.0 Å². The molecule has 19 heavy (non-hydrogen) atoms. The van der Waals surface area contributed by atoms with E-state index < -0.39 is 0 Å². The van der Waals surface area contributed by atoms with Crippen LogP contribution in [0.2, 0.25) is 0 Å². The fourth-order valence-electron chi connectivity index (χ4n) is 1.38. The van der Waals surface area contributed by atoms with Crippen LogP contribution < -0.4 is 10.6 Å². The molecule has 7 nitrogen and oxygen atoms in total. The maximum atomic E-state index is 12.0. The van der Waals surface area contributed by atoms with Gasteiger partial charge in [0.25, 0.3) is 5.91 Å². The molecule has 0 bridgehead atoms. The first-order valence-corrected chi connectivity index (χ1v) is 5.74. The van der Waals surface area contributed by atoms with E-state index in [2.05, 4.69) is 30.8 Å². The molecule has 2 aromatic rings. The van der Waals surface area contributed by atoms with Crippen molar-refractivity contribution in [2.24, 2.45) is 0 Å². The smallest absolute Gasteiger partial charge is 0.276 e. The van der Waals surface area contributed by atoms with E-state index in [9.17, 15) is 4.79 Å². The Morgan fingerprint density at radius 3 is 2.58 bits per heavy atom. The third-order valence-electron chi connectivity index (χ3n) is 2.56. The number of nitrogens with zero attached hydrogens (tertiary/aromatic N) is 4. The topological polar surface area (TPSA) is 92.7 Å². The Labute approximate surface area is 110 Å². The maximum absolute atomic E-state index is 12.0. The second-order valence-electron chi connectivity index (χ2n) is 3.92. The maximum Gasteiger partial charge on any atom is 0.276 e. The van der Waals surface area contributed by atoms with Crippen LogP contribution in [0.4, 0.5) is 11.8 Å². The van der Waals surface area contributed by atoms with Gasteiger partial charge in [-0.1, -0.05) is 6.07 Å². The highest BCUT2D eigenvalue weighted by Gasteiger charge is 2.10. The van der Waals surface area contributed by atoms with Crippen LogP contribution in [-0.4, -0.2) is 33.1 Å². The van der Waals surface area contributed by atoms with Gasteiger partial charge in [-0.25, -0.2) is 9.97 Å². The molecule has 98 valence electrons. The van der Waals surface area contributed by atoms with E-state index in [-0.39, 0.29) is 17.5 Å². The average Bonchev–Trinajstić information content (AvgIpc) is 2.43. The molecule has 2 heterocycles. The lowest BCUT2D eigenvalue weighted by atomic mass is 10.3. The van der Waals surface area contributed by atoms with Gasteiger partial charge in [0, 0.05) is 7.05 Å². The van der Waals surface area contributed by atoms with Crippen LogP contribution in [0.15, 0.2) is 18.2 Å². The first-order chi connectivity index (χ1) is 9.10. The molecule has 0 saturated carbocycles. The molecule has 0 unspecified atom stereocenters. The Morgan fingerprint density at radius 2 is 1.89 bits per heavy atom. The Bertz CT molecular complexity index is 613. The number of anilines is 2. The minimum absolute atomic E-state index is 0.171. The lowest BCUT2D eigenvalue weighted by Gasteiger charge is -2.05. The Kier molecular flexibility index (Phi) is 3.65. The Morgan fingerprint density at radius 1 is 1.11 bits per heavy atom. The highest BCUT2D eigenvalue weighted by atomic mass is 16.2. The second-order valence-corrected chi connectivity index (χ2v) is 3.92. The van der Waals surface area contributed by atoms with E-state index in [0.717, 1.165) is 11.4 Å². The van der Waals surface area contributed by atoms with Crippen LogP contribution in [-0.2, 0) is 0 Å². The zero-order valence-electron chi connectivity index (χ0n) is 10.9. The summed E-state index contributed by atoms with van der Waals surface area (Å²) in [6.45, 7) is 3.61. The molecule has 2 aromatic heterocycles. The lowest BCUT2D eigenvalue weighted by Crippen LogP contribution is -2.17. The molecule has 0 aliphatic carbocycles. The lowest BCUT2D eigenvalue weighted by molar-refractivity contribution is 0.102. The number of carbonyl (C=O) groups excluding carboxylic acids is 1. The van der Waals surface area contributed by atoms with Crippen molar-refractivity contribution in [3.05, 3.63) is 35.3 Å². The van der Waals surface area contributed by atoms with Crippen molar-refractivity contribution in [1.82, 2.24) is 20.2 Å². The van der Waals surface area contributed by atoms with Gasteiger partial charge >= 0.3 is 0 Å². The van der Waals surface area contributed by atoms with Crippen LogP contribution in [0.25, 0.3) is 0 Å². The average molecular weight is 258 g/mol. The molecule has 2 rings (SSSR count). The SMILES string of the molecule is CNc1cccc(C(=O)Nc2nnc(C)c(C)n2)n1. The summed E-state index contributed by atoms with van der Waals surface area (Å²) in [4.78, 5) is 20.2. The summed E-state index contributed by atoms with van der Waals surface area (Å²) in [5, 5.41) is 13.1. The molecular formula is C12H14N6O. The molecule has 0 saturated heterocycles. The van der Waals surface area contributed by atoms with Crippen molar-refractivity contribution in [1.29, 1.82) is 0 Å². The molecule has 0 spiro atoms. The van der Waals surface area contributed by atoms with E-state index in [1.807, 2.05) is 0 Å². The van der Waals surface area contributed by atoms with Crippen LogP contribution in [0.3, 0.4) is 0 Å². The van der Waals surface area contributed by atoms with Gasteiger partial charge in [0.15, 0.2) is 0 Å². The van der Waals surface area contributed by atoms with Gasteiger partial charge < -0.3 is 5.32 Å². The van der Waals surface area contributed by atoms with Gasteiger partial charge in [-0.2, -0.15) is 5.10 Å². The summed E-state index contributed by atoms with van der Waals surface area (Å²) in [6, 6.07) is 5.13. The molecule has 2 N–H and O–H groups in total. The minimum atomic E-state index is -0.373. The summed E-state index contributed by atoms with van der Waals surface area (Å²) in [7, 11) is 1.74. The van der Waals surface area contributed by atoms with E-state index in [0.29, 0.717) is 5.82 Å². The molecule has 0 radical (unpaired) electrons. The number of carbonyl (C=O) groups is 1. The molecule has 0 aromatic carbocycles. The van der Waals surface area contributed by atoms with Crippen molar-refractivity contribution in [3.63, 3.8) is 0 Å². The monoisotopic (exact) mass is 258 g/mol. The number of hydrogen-bond acceptors (Lipinski definition) is 6. The molecular weight excluding hydrogens is 244 g/mol. The summed E-state index contributed by atoms with van der Waals surface area (Å²) < 4.78 is 0. The highest BCUT2D eigenvalue weighted by molar-refractivity contribution is 6.02. The quantitative estimate of drug-likeness (QED) is 0.858. The third kappa shape index (κ3) is 3.01. The number of amides is 1. The Balaban J connectivity index is 2.18. The first kappa shape index (κ1) is 12.9. The van der Waals surface area contributed by atoms with Crippen molar-refractivity contribution in [2.75, 3.05) is 17.7 Å². The summed E-state index contributed by atoms with van der Waals surface area (Å²) in [6.07, 6.45) is 0. The standard InChI is InChI=1S/C12H14N6O/c1-7-8(2)17-18-12(14-7)16-11(19)9-5-4-6-10(13-3)15-9/h4-6H,1-3H3,(H,13,15)(H,14,16,18,19). The van der Waals surface area contributed by atoms with Gasteiger partial charge in [0.1, 0.15) is 11.5 Å². The molecule has 0 fully saturated rings. The molecule has 0 aliphatic heterocycles. The van der Waals surface area contributed by atoms with Crippen molar-refractivity contribution < 1.29 is 4.79 Å². The van der Waals surface area contributed by atoms with E-state index in [1.54, 1.807) is 39.1 Å². The number of hydrogen-bond donors (Lipinski definition) is 2. The largest absolute Gasteiger partial charge is 0.373 e. The van der Waals surface area contributed by atoms with Gasteiger partial charge in [0.05, 0.1) is 11.4 Å². The van der Waals surface area contributed by atoms with Gasteiger partial charge in [-0.3, -0.25) is 10.1 Å². The summed E-state index contributed by atoms with van der Waals surface area (Å²) in [5.41, 5.74) is 1.74. The van der Waals surface area contributed by atoms with Crippen LogP contribution >= 0.6 is 0 Å². The molecule has 0 aliphatic rings. The molecule has 7 heteroatoms. The number of pyridine rings is 1. The predicted octanol–water partition coefficient (Wildman–Crippen LogP) is 1.18.